The molecule has 1 aliphatic rings. The highest BCUT2D eigenvalue weighted by Crippen LogP contribution is 2.18. The molecular weight excluding hydrogens is 178 g/mol. The first-order valence-electron chi connectivity index (χ1n) is 4.87. The molecule has 2 rings (SSSR count). The van der Waals surface area contributed by atoms with Crippen molar-refractivity contribution in [2.24, 2.45) is 0 Å². The van der Waals surface area contributed by atoms with Gasteiger partial charge < -0.3 is 10.5 Å². The lowest BCUT2D eigenvalue weighted by atomic mass is 10.00. The van der Waals surface area contributed by atoms with Crippen molar-refractivity contribution in [1.82, 2.24) is 10.0 Å². The molecule has 1 atom stereocenters. The summed E-state index contributed by atoms with van der Waals surface area (Å²) in [6.45, 7) is 3.70. The van der Waals surface area contributed by atoms with Gasteiger partial charge in [-0.25, -0.2) is 0 Å². The van der Waals surface area contributed by atoms with E-state index < -0.39 is 0 Å². The number of hydrogen-bond acceptors (Lipinski definition) is 3. The largest absolute Gasteiger partial charge is 0.427 e. The zero-order chi connectivity index (χ0) is 10.1. The normalized spacial score (nSPS) is 21.4. The molecule has 0 radical (unpaired) electrons. The number of aryl methyl sites for hydroxylation is 1. The van der Waals surface area contributed by atoms with Gasteiger partial charge in [-0.15, -0.1) is 0 Å². The highest BCUT2D eigenvalue weighted by Gasteiger charge is 2.19. The molecule has 14 heavy (non-hydrogen) atoms. The summed E-state index contributed by atoms with van der Waals surface area (Å²) in [5.74, 6) is 0.376. The van der Waals surface area contributed by atoms with Crippen molar-refractivity contribution in [3.63, 3.8) is 0 Å². The maximum atomic E-state index is 9.56. The lowest BCUT2D eigenvalue weighted by Crippen LogP contribution is -2.26. The molecule has 0 spiro atoms. The number of rotatable bonds is 1. The molecule has 4 heteroatoms. The van der Waals surface area contributed by atoms with Crippen LogP contribution in [0.1, 0.15) is 23.6 Å². The van der Waals surface area contributed by atoms with Crippen molar-refractivity contribution >= 4 is 0 Å². The standard InChI is InChI=1S/C10H15N3O/c1-7-2-3-9(10(11)13(7)14)8-4-5-12-6-8/h2-3,8,11-12,14H,4-6H2,1H3. The van der Waals surface area contributed by atoms with E-state index >= 15 is 0 Å². The first-order chi connectivity index (χ1) is 6.70. The summed E-state index contributed by atoms with van der Waals surface area (Å²) in [4.78, 5) is 0. The third-order valence-electron chi connectivity index (χ3n) is 2.82. The van der Waals surface area contributed by atoms with Crippen LogP contribution in [0.15, 0.2) is 12.1 Å². The topological polar surface area (TPSA) is 61.0 Å². The lowest BCUT2D eigenvalue weighted by molar-refractivity contribution is 0.162. The maximum Gasteiger partial charge on any atom is 0.164 e. The van der Waals surface area contributed by atoms with Crippen LogP contribution in [0.25, 0.3) is 0 Å². The van der Waals surface area contributed by atoms with Gasteiger partial charge in [0, 0.05) is 18.0 Å². The van der Waals surface area contributed by atoms with E-state index in [0.717, 1.165) is 29.8 Å². The summed E-state index contributed by atoms with van der Waals surface area (Å²) in [7, 11) is 0. The molecule has 1 aromatic rings. The second kappa shape index (κ2) is 3.46. The molecule has 0 bridgehead atoms. The maximum absolute atomic E-state index is 9.56. The second-order valence-corrected chi connectivity index (χ2v) is 3.78. The van der Waals surface area contributed by atoms with Crippen LogP contribution in [-0.2, 0) is 0 Å². The van der Waals surface area contributed by atoms with Crippen molar-refractivity contribution in [1.29, 1.82) is 5.41 Å². The minimum Gasteiger partial charge on any atom is -0.427 e. The lowest BCUT2D eigenvalue weighted by Gasteiger charge is -2.11. The second-order valence-electron chi connectivity index (χ2n) is 3.78. The zero-order valence-electron chi connectivity index (χ0n) is 8.25. The highest BCUT2D eigenvalue weighted by atomic mass is 16.5. The molecule has 0 aromatic carbocycles. The van der Waals surface area contributed by atoms with E-state index in [1.807, 2.05) is 12.1 Å². The molecule has 76 valence electrons. The Labute approximate surface area is 82.7 Å². The average Bonchev–Trinajstić information content (AvgIpc) is 2.67. The van der Waals surface area contributed by atoms with Gasteiger partial charge in [0.2, 0.25) is 0 Å². The van der Waals surface area contributed by atoms with Crippen molar-refractivity contribution in [3.8, 4) is 0 Å². The van der Waals surface area contributed by atoms with Gasteiger partial charge in [0.05, 0.1) is 5.69 Å². The fourth-order valence-corrected chi connectivity index (χ4v) is 1.91. The minimum absolute atomic E-state index is 0.221. The van der Waals surface area contributed by atoms with Gasteiger partial charge >= 0.3 is 0 Å². The van der Waals surface area contributed by atoms with E-state index in [9.17, 15) is 5.21 Å². The molecule has 3 N–H and O–H groups in total. The van der Waals surface area contributed by atoms with Crippen LogP contribution in [0.4, 0.5) is 0 Å². The number of hydrogen-bond donors (Lipinski definition) is 3. The summed E-state index contributed by atoms with van der Waals surface area (Å²) in [6, 6.07) is 3.80. The average molecular weight is 193 g/mol. The summed E-state index contributed by atoms with van der Waals surface area (Å²) in [6.07, 6.45) is 1.05. The van der Waals surface area contributed by atoms with Crippen LogP contribution in [0, 0.1) is 12.3 Å². The first-order valence-corrected chi connectivity index (χ1v) is 4.87. The third kappa shape index (κ3) is 1.42. The van der Waals surface area contributed by atoms with E-state index in [-0.39, 0.29) is 5.49 Å². The number of nitrogens with one attached hydrogen (secondary N) is 2. The summed E-state index contributed by atoms with van der Waals surface area (Å²) in [5.41, 5.74) is 1.85. The number of pyridine rings is 1. The van der Waals surface area contributed by atoms with E-state index in [1.165, 1.54) is 0 Å². The first kappa shape index (κ1) is 9.27. The third-order valence-corrected chi connectivity index (χ3v) is 2.82. The smallest absolute Gasteiger partial charge is 0.164 e. The molecule has 2 heterocycles. The quantitative estimate of drug-likeness (QED) is 0.572. The molecule has 1 fully saturated rings. The number of aromatic nitrogens is 1. The Balaban J connectivity index is 2.44. The molecule has 1 aliphatic heterocycles. The van der Waals surface area contributed by atoms with Crippen LogP contribution in [-0.4, -0.2) is 23.0 Å². The van der Waals surface area contributed by atoms with Gasteiger partial charge in [-0.2, -0.15) is 4.73 Å². The van der Waals surface area contributed by atoms with Gasteiger partial charge in [0.25, 0.3) is 0 Å². The Morgan fingerprint density at radius 2 is 2.36 bits per heavy atom. The van der Waals surface area contributed by atoms with Gasteiger partial charge in [0.15, 0.2) is 5.49 Å². The fourth-order valence-electron chi connectivity index (χ4n) is 1.91. The molecular formula is C10H15N3O. The highest BCUT2D eigenvalue weighted by molar-refractivity contribution is 5.19. The Morgan fingerprint density at radius 1 is 1.57 bits per heavy atom. The van der Waals surface area contributed by atoms with Crippen LogP contribution >= 0.6 is 0 Å². The van der Waals surface area contributed by atoms with E-state index in [1.54, 1.807) is 6.92 Å². The van der Waals surface area contributed by atoms with Crippen molar-refractivity contribution in [2.75, 3.05) is 13.1 Å². The summed E-state index contributed by atoms with van der Waals surface area (Å²) < 4.78 is 0.952. The molecule has 0 aliphatic carbocycles. The van der Waals surface area contributed by atoms with Gasteiger partial charge in [-0.05, 0) is 26.0 Å². The summed E-state index contributed by atoms with van der Waals surface area (Å²) in [5, 5.41) is 20.6. The molecule has 4 nitrogen and oxygen atoms in total. The Bertz CT molecular complexity index is 391. The molecule has 1 saturated heterocycles. The SMILES string of the molecule is Cc1ccc(C2CCNC2)c(=N)n1O. The van der Waals surface area contributed by atoms with Crippen LogP contribution in [0.2, 0.25) is 0 Å². The Kier molecular flexibility index (Phi) is 2.29. The predicted octanol–water partition coefficient (Wildman–Crippen LogP) is 0.590. The Hall–Kier alpha value is -1.29. The van der Waals surface area contributed by atoms with Gasteiger partial charge in [0.1, 0.15) is 0 Å². The monoisotopic (exact) mass is 193 g/mol. The summed E-state index contributed by atoms with van der Waals surface area (Å²) >= 11 is 0. The molecule has 1 unspecified atom stereocenters. The van der Waals surface area contributed by atoms with E-state index in [4.69, 9.17) is 5.41 Å². The Morgan fingerprint density at radius 3 is 3.00 bits per heavy atom. The van der Waals surface area contributed by atoms with Crippen LogP contribution in [0.5, 0.6) is 0 Å². The van der Waals surface area contributed by atoms with Crippen molar-refractivity contribution < 1.29 is 5.21 Å². The molecule has 0 saturated carbocycles. The zero-order valence-corrected chi connectivity index (χ0v) is 8.25. The van der Waals surface area contributed by atoms with Gasteiger partial charge in [-0.1, -0.05) is 6.07 Å². The molecule has 0 amide bonds. The molecule has 1 aromatic heterocycles. The van der Waals surface area contributed by atoms with Crippen molar-refractivity contribution in [3.05, 3.63) is 28.9 Å². The number of nitrogens with zero attached hydrogens (tertiary/aromatic N) is 1. The fraction of sp³-hybridized carbons (Fsp3) is 0.500. The van der Waals surface area contributed by atoms with E-state index in [2.05, 4.69) is 5.32 Å². The van der Waals surface area contributed by atoms with Crippen molar-refractivity contribution in [2.45, 2.75) is 19.3 Å². The van der Waals surface area contributed by atoms with E-state index in [0.29, 0.717) is 11.6 Å². The van der Waals surface area contributed by atoms with Gasteiger partial charge in [-0.3, -0.25) is 5.41 Å². The predicted molar refractivity (Wildman–Crippen MR) is 52.4 cm³/mol. The minimum atomic E-state index is 0.221. The van der Waals surface area contributed by atoms with Crippen LogP contribution < -0.4 is 10.8 Å². The van der Waals surface area contributed by atoms with Crippen LogP contribution in [0.3, 0.4) is 0 Å².